The number of nitro groups is 1. The van der Waals surface area contributed by atoms with Crippen LogP contribution < -0.4 is 10.5 Å². The number of aryl methyl sites for hydroxylation is 1. The Hall–Kier alpha value is -1.22. The van der Waals surface area contributed by atoms with Gasteiger partial charge in [0.1, 0.15) is 0 Å². The Labute approximate surface area is 142 Å². The molecule has 0 unspecified atom stereocenters. The first-order valence-electron chi connectivity index (χ1n) is 7.20. The number of sulfonamides is 1. The van der Waals surface area contributed by atoms with E-state index >= 15 is 0 Å². The molecule has 23 heavy (non-hydrogen) atoms. The topological polar surface area (TPSA) is 115 Å². The van der Waals surface area contributed by atoms with Gasteiger partial charge >= 0.3 is 0 Å². The fourth-order valence-corrected chi connectivity index (χ4v) is 4.74. The van der Waals surface area contributed by atoms with E-state index in [4.69, 9.17) is 5.73 Å². The summed E-state index contributed by atoms with van der Waals surface area (Å²) >= 11 is 0. The van der Waals surface area contributed by atoms with Gasteiger partial charge in [0.15, 0.2) is 0 Å². The van der Waals surface area contributed by atoms with E-state index in [9.17, 15) is 18.5 Å². The number of nitro benzene ring substituents is 1. The lowest BCUT2D eigenvalue weighted by Gasteiger charge is -2.28. The second kappa shape index (κ2) is 7.12. The molecule has 130 valence electrons. The molecule has 1 aliphatic carbocycles. The van der Waals surface area contributed by atoms with Gasteiger partial charge in [-0.15, -0.1) is 12.4 Å². The number of rotatable bonds is 5. The third kappa shape index (κ3) is 4.00. The minimum Gasteiger partial charge on any atom is -0.329 e. The van der Waals surface area contributed by atoms with Crippen molar-refractivity contribution in [1.29, 1.82) is 0 Å². The van der Waals surface area contributed by atoms with Gasteiger partial charge in [-0.1, -0.05) is 12.8 Å². The van der Waals surface area contributed by atoms with Gasteiger partial charge < -0.3 is 5.73 Å². The van der Waals surface area contributed by atoms with E-state index in [1.165, 1.54) is 6.07 Å². The van der Waals surface area contributed by atoms with Gasteiger partial charge in [0.05, 0.1) is 9.82 Å². The molecule has 0 amide bonds. The highest BCUT2D eigenvalue weighted by Crippen LogP contribution is 2.32. The normalized spacial score (nSPS) is 16.8. The number of nitrogens with two attached hydrogens (primary N) is 1. The van der Waals surface area contributed by atoms with Gasteiger partial charge in [-0.25, -0.2) is 13.1 Å². The number of benzene rings is 1. The fourth-order valence-electron chi connectivity index (χ4n) is 2.93. The molecule has 0 spiro atoms. The summed E-state index contributed by atoms with van der Waals surface area (Å²) in [6.07, 6.45) is 3.23. The summed E-state index contributed by atoms with van der Waals surface area (Å²) in [4.78, 5) is 10.4. The van der Waals surface area contributed by atoms with Gasteiger partial charge in [0, 0.05) is 24.2 Å². The monoisotopic (exact) mass is 363 g/mol. The zero-order chi connectivity index (χ0) is 16.5. The molecule has 3 N–H and O–H groups in total. The largest absolute Gasteiger partial charge is 0.329 e. The average Bonchev–Trinajstić information content (AvgIpc) is 2.89. The zero-order valence-corrected chi connectivity index (χ0v) is 14.8. The molecular weight excluding hydrogens is 342 g/mol. The van der Waals surface area contributed by atoms with Crippen molar-refractivity contribution in [2.45, 2.75) is 50.0 Å². The second-order valence-electron chi connectivity index (χ2n) is 5.94. The number of non-ortho nitro benzene ring substituents is 1. The molecule has 0 bridgehead atoms. The quantitative estimate of drug-likeness (QED) is 0.614. The highest BCUT2D eigenvalue weighted by Gasteiger charge is 2.37. The Morgan fingerprint density at radius 1 is 1.30 bits per heavy atom. The standard InChI is InChI=1S/C14H21N3O4S.ClH/c1-10-7-12(17(18)19)8-13(11(10)2)22(20,21)16-14(9-15)5-3-4-6-14;/h7-8,16H,3-6,9,15H2,1-2H3;1H. The molecule has 0 heterocycles. The van der Waals surface area contributed by atoms with E-state index in [1.807, 2.05) is 0 Å². The molecular formula is C14H22ClN3O4S. The third-order valence-corrected chi connectivity index (χ3v) is 6.11. The van der Waals surface area contributed by atoms with Crippen LogP contribution in [0.1, 0.15) is 36.8 Å². The summed E-state index contributed by atoms with van der Waals surface area (Å²) < 4.78 is 28.1. The van der Waals surface area contributed by atoms with Crippen LogP contribution in [0.2, 0.25) is 0 Å². The Morgan fingerprint density at radius 2 is 1.87 bits per heavy atom. The van der Waals surface area contributed by atoms with E-state index in [2.05, 4.69) is 4.72 Å². The van der Waals surface area contributed by atoms with Crippen LogP contribution in [0.25, 0.3) is 0 Å². The number of hydrogen-bond acceptors (Lipinski definition) is 5. The summed E-state index contributed by atoms with van der Waals surface area (Å²) in [5, 5.41) is 11.0. The molecule has 0 saturated heterocycles. The maximum atomic E-state index is 12.7. The highest BCUT2D eigenvalue weighted by atomic mass is 35.5. The molecule has 1 saturated carbocycles. The van der Waals surface area contributed by atoms with Crippen molar-refractivity contribution in [2.24, 2.45) is 5.73 Å². The van der Waals surface area contributed by atoms with Crippen molar-refractivity contribution in [1.82, 2.24) is 4.72 Å². The molecule has 0 aliphatic heterocycles. The summed E-state index contributed by atoms with van der Waals surface area (Å²) in [5.41, 5.74) is 5.99. The molecule has 0 aromatic heterocycles. The van der Waals surface area contributed by atoms with Crippen molar-refractivity contribution >= 4 is 28.1 Å². The predicted octanol–water partition coefficient (Wildman–Crippen LogP) is 2.18. The zero-order valence-electron chi connectivity index (χ0n) is 13.2. The van der Waals surface area contributed by atoms with Gasteiger partial charge in [0.25, 0.3) is 5.69 Å². The lowest BCUT2D eigenvalue weighted by Crippen LogP contribution is -2.51. The van der Waals surface area contributed by atoms with Crippen LogP contribution in [0.4, 0.5) is 5.69 Å². The second-order valence-corrected chi connectivity index (χ2v) is 7.59. The molecule has 1 aromatic rings. The fraction of sp³-hybridized carbons (Fsp3) is 0.571. The first-order chi connectivity index (χ1) is 10.2. The molecule has 0 atom stereocenters. The SMILES string of the molecule is Cc1cc([N+](=O)[O-])cc(S(=O)(=O)NC2(CN)CCCC2)c1C.Cl. The molecule has 2 rings (SSSR count). The van der Waals surface area contributed by atoms with Crippen LogP contribution in [0.15, 0.2) is 17.0 Å². The lowest BCUT2D eigenvalue weighted by molar-refractivity contribution is -0.385. The average molecular weight is 364 g/mol. The van der Waals surface area contributed by atoms with Crippen molar-refractivity contribution in [3.05, 3.63) is 33.4 Å². The Kier molecular flexibility index (Phi) is 6.14. The first-order valence-corrected chi connectivity index (χ1v) is 8.69. The van der Waals surface area contributed by atoms with E-state index in [-0.39, 0.29) is 29.5 Å². The van der Waals surface area contributed by atoms with Gasteiger partial charge in [-0.2, -0.15) is 0 Å². The van der Waals surface area contributed by atoms with Crippen LogP contribution in [0, 0.1) is 24.0 Å². The summed E-state index contributed by atoms with van der Waals surface area (Å²) in [5.74, 6) is 0. The van der Waals surface area contributed by atoms with Crippen molar-refractivity contribution in [3.8, 4) is 0 Å². The number of nitrogens with one attached hydrogen (secondary N) is 1. The van der Waals surface area contributed by atoms with Gasteiger partial charge in [-0.05, 0) is 37.8 Å². The van der Waals surface area contributed by atoms with Gasteiger partial charge in [-0.3, -0.25) is 10.1 Å². The number of hydrogen-bond donors (Lipinski definition) is 2. The van der Waals surface area contributed by atoms with E-state index in [1.54, 1.807) is 13.8 Å². The molecule has 0 radical (unpaired) electrons. The molecule has 1 aromatic carbocycles. The Bertz CT molecular complexity index is 700. The van der Waals surface area contributed by atoms with Gasteiger partial charge in [0.2, 0.25) is 10.0 Å². The molecule has 1 aliphatic rings. The van der Waals surface area contributed by atoms with Crippen LogP contribution in [-0.2, 0) is 10.0 Å². The van der Waals surface area contributed by atoms with Crippen LogP contribution >= 0.6 is 12.4 Å². The number of nitrogens with zero attached hydrogens (tertiary/aromatic N) is 1. The maximum absolute atomic E-state index is 12.7. The van der Waals surface area contributed by atoms with Crippen molar-refractivity contribution < 1.29 is 13.3 Å². The summed E-state index contributed by atoms with van der Waals surface area (Å²) in [6, 6.07) is 2.49. The first kappa shape index (κ1) is 19.8. The summed E-state index contributed by atoms with van der Waals surface area (Å²) in [6.45, 7) is 3.53. The highest BCUT2D eigenvalue weighted by molar-refractivity contribution is 7.89. The number of halogens is 1. The summed E-state index contributed by atoms with van der Waals surface area (Å²) in [7, 11) is -3.86. The van der Waals surface area contributed by atoms with Crippen LogP contribution in [0.3, 0.4) is 0 Å². The minimum absolute atomic E-state index is 0. The van der Waals surface area contributed by atoms with E-state index in [0.29, 0.717) is 24.0 Å². The molecule has 1 fully saturated rings. The molecule has 7 nitrogen and oxygen atoms in total. The van der Waals surface area contributed by atoms with E-state index < -0.39 is 20.5 Å². The predicted molar refractivity (Wildman–Crippen MR) is 90.4 cm³/mol. The molecule has 9 heteroatoms. The lowest BCUT2D eigenvalue weighted by atomic mass is 10.0. The van der Waals surface area contributed by atoms with Crippen LogP contribution in [-0.4, -0.2) is 25.4 Å². The maximum Gasteiger partial charge on any atom is 0.271 e. The minimum atomic E-state index is -3.86. The van der Waals surface area contributed by atoms with Crippen molar-refractivity contribution in [2.75, 3.05) is 6.54 Å². The Balaban J connectivity index is 0.00000264. The smallest absolute Gasteiger partial charge is 0.271 e. The van der Waals surface area contributed by atoms with E-state index in [0.717, 1.165) is 18.9 Å². The Morgan fingerprint density at radius 3 is 2.35 bits per heavy atom. The van der Waals surface area contributed by atoms with Crippen molar-refractivity contribution in [3.63, 3.8) is 0 Å². The third-order valence-electron chi connectivity index (χ3n) is 4.41. The van der Waals surface area contributed by atoms with Crippen LogP contribution in [0.5, 0.6) is 0 Å².